The van der Waals surface area contributed by atoms with Gasteiger partial charge < -0.3 is 0 Å². The van der Waals surface area contributed by atoms with Crippen molar-refractivity contribution in [1.82, 2.24) is 0 Å². The van der Waals surface area contributed by atoms with E-state index in [0.717, 1.165) is 11.8 Å². The van der Waals surface area contributed by atoms with Crippen LogP contribution in [0.4, 0.5) is 0 Å². The molecule has 0 aromatic rings. The minimum absolute atomic E-state index is 0.816. The first-order chi connectivity index (χ1) is 19.0. The fraction of sp³-hybridized carbons (Fsp3) is 0.550. The molecule has 0 aliphatic carbocycles. The molecular formula is C40H64. The Labute approximate surface area is 251 Å². The van der Waals surface area contributed by atoms with Gasteiger partial charge in [0.1, 0.15) is 0 Å². The second-order valence-corrected chi connectivity index (χ2v) is 12.7. The van der Waals surface area contributed by atoms with Gasteiger partial charge in [-0.05, 0) is 119 Å². The molecule has 0 saturated carbocycles. The van der Waals surface area contributed by atoms with E-state index < -0.39 is 0 Å². The highest BCUT2D eigenvalue weighted by molar-refractivity contribution is 5.29. The Balaban J connectivity index is 4.37. The van der Waals surface area contributed by atoms with Crippen LogP contribution in [-0.2, 0) is 0 Å². The molecule has 0 amide bonds. The van der Waals surface area contributed by atoms with Crippen LogP contribution in [0.25, 0.3) is 0 Å². The maximum Gasteiger partial charge on any atom is -0.0320 e. The van der Waals surface area contributed by atoms with Gasteiger partial charge in [0.15, 0.2) is 0 Å². The van der Waals surface area contributed by atoms with Gasteiger partial charge >= 0.3 is 0 Å². The maximum atomic E-state index is 2.39. The number of hydrogen-bond donors (Lipinski definition) is 0. The molecule has 0 heterocycles. The zero-order chi connectivity index (χ0) is 30.2. The Morgan fingerprint density at radius 2 is 0.850 bits per heavy atom. The van der Waals surface area contributed by atoms with E-state index in [1.165, 1.54) is 97.6 Å². The van der Waals surface area contributed by atoms with Gasteiger partial charge in [-0.15, -0.1) is 0 Å². The lowest BCUT2D eigenvalue weighted by Gasteiger charge is -2.09. The highest BCUT2D eigenvalue weighted by atomic mass is 14.1. The van der Waals surface area contributed by atoms with Gasteiger partial charge in [-0.3, -0.25) is 0 Å². The molecule has 0 aliphatic heterocycles. The normalized spacial score (nSPS) is 15.3. The summed E-state index contributed by atoms with van der Waals surface area (Å²) in [6, 6.07) is 0. The maximum absolute atomic E-state index is 2.39. The van der Waals surface area contributed by atoms with Gasteiger partial charge in [-0.1, -0.05) is 133 Å². The van der Waals surface area contributed by atoms with Crippen LogP contribution in [0.15, 0.2) is 106 Å². The smallest absolute Gasteiger partial charge is 0.0320 e. The van der Waals surface area contributed by atoms with Crippen molar-refractivity contribution in [3.8, 4) is 0 Å². The molecule has 0 saturated heterocycles. The molecule has 0 bridgehead atoms. The Morgan fingerprint density at radius 3 is 1.20 bits per heavy atom. The van der Waals surface area contributed by atoms with Crippen LogP contribution in [-0.4, -0.2) is 0 Å². The van der Waals surface area contributed by atoms with Crippen LogP contribution in [0.5, 0.6) is 0 Å². The first kappa shape index (κ1) is 37.7. The van der Waals surface area contributed by atoms with Crippen molar-refractivity contribution in [2.75, 3.05) is 0 Å². The topological polar surface area (TPSA) is 0 Å². The molecule has 40 heavy (non-hydrogen) atoms. The molecule has 0 N–H and O–H groups in total. The Morgan fingerprint density at radius 1 is 0.475 bits per heavy atom. The van der Waals surface area contributed by atoms with Crippen molar-refractivity contribution >= 4 is 0 Å². The van der Waals surface area contributed by atoms with Gasteiger partial charge in [-0.2, -0.15) is 0 Å². The van der Waals surface area contributed by atoms with Gasteiger partial charge in [0.2, 0.25) is 0 Å². The Hall–Kier alpha value is -2.34. The zero-order valence-electron chi connectivity index (χ0n) is 28.2. The molecule has 0 radical (unpaired) electrons. The standard InChI is InChI=1S/C40H64/c1-33(2)19-13-23-37(7)27-17-31-39(9)29-15-25-35(5)21-11-12-22-36(6)26-16-30-40(10)32-18-28-38(8)24-14-20-34(3)4/h11-12,15-16,19-22,25-26,29-30,37-38H,13-14,17-18,23-24,27-28,31-32H2,1-10H3. The molecule has 0 spiro atoms. The van der Waals surface area contributed by atoms with Crippen LogP contribution < -0.4 is 0 Å². The summed E-state index contributed by atoms with van der Waals surface area (Å²) >= 11 is 0. The Bertz CT molecular complexity index is 862. The molecule has 0 fully saturated rings. The fourth-order valence-electron chi connectivity index (χ4n) is 4.48. The number of hydrogen-bond acceptors (Lipinski definition) is 0. The number of allylic oxidation sites excluding steroid dienone is 18. The monoisotopic (exact) mass is 545 g/mol. The molecule has 0 rings (SSSR count). The molecule has 0 aromatic heterocycles. The van der Waals surface area contributed by atoms with Gasteiger partial charge in [0.05, 0.1) is 0 Å². The molecule has 0 aliphatic rings. The van der Waals surface area contributed by atoms with Crippen molar-refractivity contribution in [3.63, 3.8) is 0 Å². The Kier molecular flexibility index (Phi) is 23.0. The van der Waals surface area contributed by atoms with Gasteiger partial charge in [0.25, 0.3) is 0 Å². The summed E-state index contributed by atoms with van der Waals surface area (Å²) in [5, 5.41) is 0. The third-order valence-electron chi connectivity index (χ3n) is 7.27. The highest BCUT2D eigenvalue weighted by Crippen LogP contribution is 2.18. The summed E-state index contributed by atoms with van der Waals surface area (Å²) in [6.07, 6.45) is 39.3. The van der Waals surface area contributed by atoms with Crippen molar-refractivity contribution in [2.45, 2.75) is 133 Å². The van der Waals surface area contributed by atoms with Crippen LogP contribution >= 0.6 is 0 Å². The molecule has 0 heteroatoms. The average Bonchev–Trinajstić information content (AvgIpc) is 2.86. The summed E-state index contributed by atoms with van der Waals surface area (Å²) in [7, 11) is 0. The van der Waals surface area contributed by atoms with Crippen molar-refractivity contribution in [2.24, 2.45) is 11.8 Å². The fourth-order valence-corrected chi connectivity index (χ4v) is 4.48. The first-order valence-electron chi connectivity index (χ1n) is 16.0. The molecule has 2 unspecified atom stereocenters. The SMILES string of the molecule is CC(C)=CCCC(C)CCCC(C)=CC=CC(C)=CC=CC=C(C)C=CC=C(C)CCCC(C)CCC=C(C)C. The van der Waals surface area contributed by atoms with E-state index in [9.17, 15) is 0 Å². The van der Waals surface area contributed by atoms with Gasteiger partial charge in [0, 0.05) is 0 Å². The van der Waals surface area contributed by atoms with E-state index in [0.29, 0.717) is 0 Å². The van der Waals surface area contributed by atoms with E-state index in [2.05, 4.69) is 142 Å². The van der Waals surface area contributed by atoms with E-state index in [4.69, 9.17) is 0 Å². The average molecular weight is 545 g/mol. The van der Waals surface area contributed by atoms with Crippen LogP contribution in [0.3, 0.4) is 0 Å². The van der Waals surface area contributed by atoms with Crippen LogP contribution in [0, 0.1) is 11.8 Å². The highest BCUT2D eigenvalue weighted by Gasteiger charge is 2.02. The second kappa shape index (κ2) is 24.5. The molecular weight excluding hydrogens is 480 g/mol. The molecule has 0 nitrogen and oxygen atoms in total. The summed E-state index contributed by atoms with van der Waals surface area (Å²) in [4.78, 5) is 0. The summed E-state index contributed by atoms with van der Waals surface area (Å²) in [6.45, 7) is 22.4. The summed E-state index contributed by atoms with van der Waals surface area (Å²) in [5.41, 5.74) is 8.34. The van der Waals surface area contributed by atoms with Crippen LogP contribution in [0.2, 0.25) is 0 Å². The third kappa shape index (κ3) is 25.9. The van der Waals surface area contributed by atoms with Crippen molar-refractivity contribution in [1.29, 1.82) is 0 Å². The minimum atomic E-state index is 0.816. The lowest BCUT2D eigenvalue weighted by molar-refractivity contribution is 0.478. The predicted molar refractivity (Wildman–Crippen MR) is 186 cm³/mol. The van der Waals surface area contributed by atoms with Crippen molar-refractivity contribution < 1.29 is 0 Å². The zero-order valence-corrected chi connectivity index (χ0v) is 28.2. The van der Waals surface area contributed by atoms with E-state index in [1.807, 2.05) is 0 Å². The second-order valence-electron chi connectivity index (χ2n) is 12.7. The minimum Gasteiger partial charge on any atom is -0.0859 e. The molecule has 224 valence electrons. The molecule has 0 aromatic carbocycles. The predicted octanol–water partition coefficient (Wildman–Crippen LogP) is 13.5. The van der Waals surface area contributed by atoms with E-state index in [1.54, 1.807) is 0 Å². The lowest BCUT2D eigenvalue weighted by Crippen LogP contribution is -1.94. The summed E-state index contributed by atoms with van der Waals surface area (Å²) in [5.74, 6) is 1.63. The summed E-state index contributed by atoms with van der Waals surface area (Å²) < 4.78 is 0. The largest absolute Gasteiger partial charge is 0.0859 e. The third-order valence-corrected chi connectivity index (χ3v) is 7.27. The van der Waals surface area contributed by atoms with E-state index >= 15 is 0 Å². The number of rotatable bonds is 20. The van der Waals surface area contributed by atoms with Crippen LogP contribution in [0.1, 0.15) is 133 Å². The molecule has 2 atom stereocenters. The quantitative estimate of drug-likeness (QED) is 0.106. The van der Waals surface area contributed by atoms with Crippen molar-refractivity contribution in [3.05, 3.63) is 106 Å². The first-order valence-corrected chi connectivity index (χ1v) is 16.0. The van der Waals surface area contributed by atoms with E-state index in [-0.39, 0.29) is 0 Å². The van der Waals surface area contributed by atoms with Gasteiger partial charge in [-0.25, -0.2) is 0 Å². The lowest BCUT2D eigenvalue weighted by atomic mass is 9.97.